The minimum atomic E-state index is -0.297. The first-order chi connectivity index (χ1) is 8.29. The van der Waals surface area contributed by atoms with E-state index < -0.39 is 0 Å². The van der Waals surface area contributed by atoms with E-state index in [4.69, 9.17) is 0 Å². The Morgan fingerprint density at radius 2 is 2.41 bits per heavy atom. The summed E-state index contributed by atoms with van der Waals surface area (Å²) in [6.45, 7) is 2.69. The third kappa shape index (κ3) is 2.83. The maximum absolute atomic E-state index is 11.7. The van der Waals surface area contributed by atoms with Gasteiger partial charge in [-0.1, -0.05) is 12.0 Å². The van der Waals surface area contributed by atoms with E-state index in [0.29, 0.717) is 12.1 Å². The van der Waals surface area contributed by atoms with Gasteiger partial charge in [-0.05, 0) is 23.8 Å². The fraction of sp³-hybridized carbons (Fsp3) is 0.300. The fourth-order valence-electron chi connectivity index (χ4n) is 1.26. The topological polar surface area (TPSA) is 85.6 Å². The van der Waals surface area contributed by atoms with Crippen LogP contribution in [0.3, 0.4) is 0 Å². The van der Waals surface area contributed by atoms with Crippen molar-refractivity contribution in [3.63, 3.8) is 0 Å². The number of hydrogen-bond donors (Lipinski definition) is 1. The molecule has 88 valence electrons. The van der Waals surface area contributed by atoms with Gasteiger partial charge in [0.2, 0.25) is 0 Å². The Hall–Kier alpha value is -2.31. The van der Waals surface area contributed by atoms with E-state index in [-0.39, 0.29) is 11.9 Å². The minimum absolute atomic E-state index is 0.201. The van der Waals surface area contributed by atoms with Crippen LogP contribution in [0.15, 0.2) is 24.5 Å². The van der Waals surface area contributed by atoms with Crippen LogP contribution in [0.4, 0.5) is 5.95 Å². The Morgan fingerprint density at radius 3 is 3.12 bits per heavy atom. The first kappa shape index (κ1) is 11.2. The van der Waals surface area contributed by atoms with Crippen LogP contribution in [0.1, 0.15) is 23.7 Å². The molecule has 0 aliphatic rings. The smallest absolute Gasteiger partial charge is 0.270 e. The van der Waals surface area contributed by atoms with Crippen LogP contribution in [0.25, 0.3) is 0 Å². The molecule has 0 aliphatic heterocycles. The van der Waals surface area contributed by atoms with Crippen molar-refractivity contribution in [2.75, 3.05) is 5.32 Å². The standard InChI is InChI=1S/C10H12N6O/c1-2-6-16-14-10(13-15-16)12-9(17)8-4-3-5-11-7-8/h3-5,7H,2,6H2,1H3,(H,12,14,17). The summed E-state index contributed by atoms with van der Waals surface area (Å²) in [6.07, 6.45) is 3.99. The normalized spacial score (nSPS) is 10.2. The van der Waals surface area contributed by atoms with Gasteiger partial charge in [0, 0.05) is 12.4 Å². The molecule has 0 saturated heterocycles. The van der Waals surface area contributed by atoms with E-state index in [1.807, 2.05) is 6.92 Å². The summed E-state index contributed by atoms with van der Waals surface area (Å²) < 4.78 is 0. The monoisotopic (exact) mass is 232 g/mol. The van der Waals surface area contributed by atoms with Gasteiger partial charge in [0.25, 0.3) is 11.9 Å². The maximum atomic E-state index is 11.7. The molecule has 2 heterocycles. The first-order valence-corrected chi connectivity index (χ1v) is 5.29. The van der Waals surface area contributed by atoms with Gasteiger partial charge in [-0.2, -0.15) is 4.80 Å². The lowest BCUT2D eigenvalue weighted by molar-refractivity contribution is 0.102. The van der Waals surface area contributed by atoms with Crippen LogP contribution < -0.4 is 5.32 Å². The number of nitrogens with one attached hydrogen (secondary N) is 1. The second-order valence-corrected chi connectivity index (χ2v) is 3.40. The number of hydrogen-bond acceptors (Lipinski definition) is 5. The zero-order chi connectivity index (χ0) is 12.1. The van der Waals surface area contributed by atoms with Crippen LogP contribution in [0.2, 0.25) is 0 Å². The molecule has 0 unspecified atom stereocenters. The lowest BCUT2D eigenvalue weighted by atomic mass is 10.3. The molecule has 1 N–H and O–H groups in total. The number of aromatic nitrogens is 5. The van der Waals surface area contributed by atoms with Gasteiger partial charge in [0.1, 0.15) is 0 Å². The summed E-state index contributed by atoms with van der Waals surface area (Å²) in [7, 11) is 0. The predicted octanol–water partition coefficient (Wildman–Crippen LogP) is 0.730. The molecule has 0 saturated carbocycles. The molecule has 0 atom stereocenters. The van der Waals surface area contributed by atoms with Crippen molar-refractivity contribution in [1.29, 1.82) is 0 Å². The van der Waals surface area contributed by atoms with E-state index in [1.54, 1.807) is 18.3 Å². The number of carbonyl (C=O) groups is 1. The lowest BCUT2D eigenvalue weighted by Crippen LogP contribution is -2.13. The molecular weight excluding hydrogens is 220 g/mol. The zero-order valence-electron chi connectivity index (χ0n) is 9.37. The van der Waals surface area contributed by atoms with Crippen LogP contribution in [-0.4, -0.2) is 31.1 Å². The van der Waals surface area contributed by atoms with Gasteiger partial charge < -0.3 is 0 Å². The summed E-state index contributed by atoms with van der Waals surface area (Å²) in [6, 6.07) is 3.36. The molecule has 7 heteroatoms. The molecule has 0 radical (unpaired) electrons. The third-order valence-electron chi connectivity index (χ3n) is 2.03. The van der Waals surface area contributed by atoms with Gasteiger partial charge in [-0.3, -0.25) is 15.1 Å². The van der Waals surface area contributed by atoms with Crippen molar-refractivity contribution < 1.29 is 4.79 Å². The highest BCUT2D eigenvalue weighted by atomic mass is 16.1. The minimum Gasteiger partial charge on any atom is -0.288 e. The molecule has 2 aromatic heterocycles. The largest absolute Gasteiger partial charge is 0.288 e. The van der Waals surface area contributed by atoms with E-state index in [0.717, 1.165) is 6.42 Å². The molecule has 0 bridgehead atoms. The van der Waals surface area contributed by atoms with Gasteiger partial charge >= 0.3 is 0 Å². The first-order valence-electron chi connectivity index (χ1n) is 5.29. The van der Waals surface area contributed by atoms with Crippen molar-refractivity contribution in [2.45, 2.75) is 19.9 Å². The second kappa shape index (κ2) is 5.15. The van der Waals surface area contributed by atoms with E-state index >= 15 is 0 Å². The summed E-state index contributed by atoms with van der Waals surface area (Å²) in [5.41, 5.74) is 0.458. The van der Waals surface area contributed by atoms with Crippen LogP contribution in [0.5, 0.6) is 0 Å². The Bertz CT molecular complexity index is 495. The molecule has 0 aromatic carbocycles. The number of anilines is 1. The van der Waals surface area contributed by atoms with Crippen molar-refractivity contribution in [3.05, 3.63) is 30.1 Å². The number of aryl methyl sites for hydroxylation is 1. The van der Waals surface area contributed by atoms with Gasteiger partial charge in [0.15, 0.2) is 0 Å². The Morgan fingerprint density at radius 1 is 1.53 bits per heavy atom. The summed E-state index contributed by atoms with van der Waals surface area (Å²) >= 11 is 0. The summed E-state index contributed by atoms with van der Waals surface area (Å²) in [5.74, 6) is -0.0959. The predicted molar refractivity (Wildman–Crippen MR) is 60.3 cm³/mol. The number of carbonyl (C=O) groups excluding carboxylic acids is 1. The molecule has 0 aliphatic carbocycles. The number of rotatable bonds is 4. The summed E-state index contributed by atoms with van der Waals surface area (Å²) in [4.78, 5) is 17.0. The second-order valence-electron chi connectivity index (χ2n) is 3.40. The lowest BCUT2D eigenvalue weighted by Gasteiger charge is -1.98. The van der Waals surface area contributed by atoms with E-state index in [2.05, 4.69) is 25.7 Å². The molecular formula is C10H12N6O. The van der Waals surface area contributed by atoms with Crippen molar-refractivity contribution in [3.8, 4) is 0 Å². The fourth-order valence-corrected chi connectivity index (χ4v) is 1.26. The Labute approximate surface area is 97.9 Å². The van der Waals surface area contributed by atoms with Crippen molar-refractivity contribution in [2.24, 2.45) is 0 Å². The molecule has 17 heavy (non-hydrogen) atoms. The molecule has 2 aromatic rings. The van der Waals surface area contributed by atoms with Crippen molar-refractivity contribution >= 4 is 11.9 Å². The SMILES string of the molecule is CCCn1nnc(NC(=O)c2cccnc2)n1. The van der Waals surface area contributed by atoms with Crippen LogP contribution in [-0.2, 0) is 6.54 Å². The highest BCUT2D eigenvalue weighted by molar-refractivity contribution is 6.02. The average Bonchev–Trinajstić information content (AvgIpc) is 2.78. The number of amides is 1. The van der Waals surface area contributed by atoms with Crippen LogP contribution in [0, 0.1) is 0 Å². The molecule has 0 fully saturated rings. The van der Waals surface area contributed by atoms with E-state index in [9.17, 15) is 4.79 Å². The highest BCUT2D eigenvalue weighted by Crippen LogP contribution is 2.01. The molecule has 1 amide bonds. The number of nitrogens with zero attached hydrogens (tertiary/aromatic N) is 5. The molecule has 7 nitrogen and oxygen atoms in total. The van der Waals surface area contributed by atoms with Gasteiger partial charge in [-0.15, -0.1) is 5.10 Å². The average molecular weight is 232 g/mol. The highest BCUT2D eigenvalue weighted by Gasteiger charge is 2.09. The van der Waals surface area contributed by atoms with E-state index in [1.165, 1.54) is 11.0 Å². The third-order valence-corrected chi connectivity index (χ3v) is 2.03. The molecule has 2 rings (SSSR count). The Kier molecular flexibility index (Phi) is 3.39. The summed E-state index contributed by atoms with van der Waals surface area (Å²) in [5, 5.41) is 14.1. The number of tetrazole rings is 1. The van der Waals surface area contributed by atoms with Crippen molar-refractivity contribution in [1.82, 2.24) is 25.2 Å². The van der Waals surface area contributed by atoms with Crippen LogP contribution >= 0.6 is 0 Å². The molecule has 0 spiro atoms. The van der Waals surface area contributed by atoms with Gasteiger partial charge in [0.05, 0.1) is 12.1 Å². The van der Waals surface area contributed by atoms with Gasteiger partial charge in [-0.25, -0.2) is 0 Å². The quantitative estimate of drug-likeness (QED) is 0.839. The number of pyridine rings is 1. The Balaban J connectivity index is 2.03. The zero-order valence-corrected chi connectivity index (χ0v) is 9.37. The maximum Gasteiger partial charge on any atom is 0.270 e.